The number of rotatable bonds is 1. The lowest BCUT2D eigenvalue weighted by Gasteiger charge is -2.30. The molecule has 2 heteroatoms. The summed E-state index contributed by atoms with van der Waals surface area (Å²) < 4.78 is 5.36. The number of ether oxygens (including phenoxy) is 1. The summed E-state index contributed by atoms with van der Waals surface area (Å²) in [7, 11) is 0. The maximum Gasteiger partial charge on any atom is 0.0480 e. The van der Waals surface area contributed by atoms with Crippen LogP contribution in [0.25, 0.3) is 0 Å². The van der Waals surface area contributed by atoms with E-state index in [1.165, 1.54) is 32.4 Å². The highest BCUT2D eigenvalue weighted by Crippen LogP contribution is 2.22. The van der Waals surface area contributed by atoms with Crippen LogP contribution in [0.4, 0.5) is 0 Å². The molecule has 12 heavy (non-hydrogen) atoms. The largest absolute Gasteiger partial charge is 0.381 e. The van der Waals surface area contributed by atoms with E-state index in [0.29, 0.717) is 0 Å². The summed E-state index contributed by atoms with van der Waals surface area (Å²) in [5.41, 5.74) is 0. The zero-order valence-electron chi connectivity index (χ0n) is 7.96. The molecule has 0 saturated carbocycles. The monoisotopic (exact) mass is 169 g/mol. The molecule has 1 atom stereocenters. The van der Waals surface area contributed by atoms with E-state index >= 15 is 0 Å². The minimum absolute atomic E-state index is 0.837. The molecule has 1 unspecified atom stereocenters. The average Bonchev–Trinajstić information content (AvgIpc) is 2.54. The molecule has 70 valence electrons. The van der Waals surface area contributed by atoms with E-state index in [1.807, 2.05) is 0 Å². The zero-order chi connectivity index (χ0) is 8.39. The van der Waals surface area contributed by atoms with Crippen LogP contribution in [0.3, 0.4) is 0 Å². The molecule has 0 aliphatic carbocycles. The van der Waals surface area contributed by atoms with E-state index in [2.05, 4.69) is 11.8 Å². The van der Waals surface area contributed by atoms with Crippen molar-refractivity contribution in [3.05, 3.63) is 0 Å². The molecule has 0 aromatic rings. The molecular weight excluding hydrogens is 150 g/mol. The molecule has 2 aliphatic rings. The van der Waals surface area contributed by atoms with Gasteiger partial charge >= 0.3 is 0 Å². The van der Waals surface area contributed by atoms with Gasteiger partial charge in [0, 0.05) is 25.8 Å². The first kappa shape index (κ1) is 8.52. The van der Waals surface area contributed by atoms with Crippen LogP contribution in [0.1, 0.15) is 26.2 Å². The van der Waals surface area contributed by atoms with E-state index in [0.717, 1.165) is 25.2 Å². The van der Waals surface area contributed by atoms with E-state index in [1.54, 1.807) is 0 Å². The molecule has 2 fully saturated rings. The van der Waals surface area contributed by atoms with Crippen LogP contribution in [-0.4, -0.2) is 37.2 Å². The van der Waals surface area contributed by atoms with Crippen molar-refractivity contribution >= 4 is 0 Å². The molecule has 2 heterocycles. The highest BCUT2D eigenvalue weighted by Gasteiger charge is 2.26. The van der Waals surface area contributed by atoms with Crippen molar-refractivity contribution in [1.82, 2.24) is 4.90 Å². The summed E-state index contributed by atoms with van der Waals surface area (Å²) in [6, 6.07) is 0.837. The number of hydrogen-bond donors (Lipinski definition) is 0. The summed E-state index contributed by atoms with van der Waals surface area (Å²) in [5, 5.41) is 0. The third-order valence-electron chi connectivity index (χ3n) is 3.16. The second kappa shape index (κ2) is 3.75. The van der Waals surface area contributed by atoms with E-state index in [9.17, 15) is 0 Å². The molecule has 0 amide bonds. The van der Waals surface area contributed by atoms with Crippen molar-refractivity contribution in [2.75, 3.05) is 26.3 Å². The van der Waals surface area contributed by atoms with Gasteiger partial charge in [-0.2, -0.15) is 0 Å². The fraction of sp³-hybridized carbons (Fsp3) is 1.00. The topological polar surface area (TPSA) is 12.5 Å². The van der Waals surface area contributed by atoms with Gasteiger partial charge in [0.25, 0.3) is 0 Å². The Kier molecular flexibility index (Phi) is 2.66. The number of nitrogens with zero attached hydrogens (tertiary/aromatic N) is 1. The van der Waals surface area contributed by atoms with Crippen LogP contribution in [-0.2, 0) is 4.74 Å². The molecule has 2 aliphatic heterocycles. The molecular formula is C10H19NO. The summed E-state index contributed by atoms with van der Waals surface area (Å²) >= 11 is 0. The second-order valence-electron chi connectivity index (χ2n) is 4.23. The lowest BCUT2D eigenvalue weighted by atomic mass is 10.1. The molecule has 2 nitrogen and oxygen atoms in total. The summed E-state index contributed by atoms with van der Waals surface area (Å²) in [6.45, 7) is 6.97. The Morgan fingerprint density at radius 2 is 1.92 bits per heavy atom. The first-order chi connectivity index (χ1) is 5.86. The van der Waals surface area contributed by atoms with Crippen LogP contribution in [0.5, 0.6) is 0 Å². The molecule has 2 saturated heterocycles. The molecule has 0 aromatic carbocycles. The van der Waals surface area contributed by atoms with Crippen LogP contribution < -0.4 is 0 Å². The molecule has 0 radical (unpaired) electrons. The summed E-state index contributed by atoms with van der Waals surface area (Å²) in [4.78, 5) is 2.66. The van der Waals surface area contributed by atoms with Crippen molar-refractivity contribution in [3.63, 3.8) is 0 Å². The summed E-state index contributed by atoms with van der Waals surface area (Å²) in [5.74, 6) is 0.924. The van der Waals surface area contributed by atoms with Crippen LogP contribution >= 0.6 is 0 Å². The molecule has 2 rings (SSSR count). The van der Waals surface area contributed by atoms with Gasteiger partial charge in [0.1, 0.15) is 0 Å². The van der Waals surface area contributed by atoms with Gasteiger partial charge in [0.2, 0.25) is 0 Å². The second-order valence-corrected chi connectivity index (χ2v) is 4.23. The van der Waals surface area contributed by atoms with Gasteiger partial charge in [0.15, 0.2) is 0 Å². The van der Waals surface area contributed by atoms with Gasteiger partial charge in [-0.15, -0.1) is 0 Å². The minimum atomic E-state index is 0.837. The van der Waals surface area contributed by atoms with Gasteiger partial charge < -0.3 is 4.74 Å². The van der Waals surface area contributed by atoms with Gasteiger partial charge in [-0.05, 0) is 31.7 Å². The maximum absolute atomic E-state index is 5.36. The highest BCUT2D eigenvalue weighted by atomic mass is 16.5. The van der Waals surface area contributed by atoms with E-state index in [-0.39, 0.29) is 0 Å². The standard InChI is InChI=1S/C10H19NO/c1-9-2-5-11(8-9)10-3-6-12-7-4-10/h9-10H,2-8H2,1H3. The lowest BCUT2D eigenvalue weighted by molar-refractivity contribution is 0.0414. The van der Waals surface area contributed by atoms with Crippen molar-refractivity contribution in [1.29, 1.82) is 0 Å². The zero-order valence-corrected chi connectivity index (χ0v) is 7.96. The molecule has 0 aromatic heterocycles. The van der Waals surface area contributed by atoms with Gasteiger partial charge in [-0.3, -0.25) is 4.90 Å². The van der Waals surface area contributed by atoms with Crippen LogP contribution in [0.15, 0.2) is 0 Å². The predicted molar refractivity (Wildman–Crippen MR) is 49.2 cm³/mol. The van der Waals surface area contributed by atoms with Crippen molar-refractivity contribution < 1.29 is 4.74 Å². The Morgan fingerprint density at radius 1 is 1.17 bits per heavy atom. The quantitative estimate of drug-likeness (QED) is 0.590. The number of likely N-dealkylation sites (tertiary alicyclic amines) is 1. The Labute approximate surface area is 74.9 Å². The lowest BCUT2D eigenvalue weighted by Crippen LogP contribution is -2.37. The van der Waals surface area contributed by atoms with Crippen LogP contribution in [0, 0.1) is 5.92 Å². The SMILES string of the molecule is CC1CCN(C2CCOCC2)C1. The minimum Gasteiger partial charge on any atom is -0.381 e. The first-order valence-corrected chi connectivity index (χ1v) is 5.18. The average molecular weight is 169 g/mol. The maximum atomic E-state index is 5.36. The predicted octanol–water partition coefficient (Wildman–Crippen LogP) is 1.51. The molecule has 0 spiro atoms. The smallest absolute Gasteiger partial charge is 0.0480 e. The van der Waals surface area contributed by atoms with Crippen molar-refractivity contribution in [2.24, 2.45) is 5.92 Å². The Hall–Kier alpha value is -0.0800. The fourth-order valence-corrected chi connectivity index (χ4v) is 2.35. The summed E-state index contributed by atoms with van der Waals surface area (Å²) in [6.07, 6.45) is 3.91. The Morgan fingerprint density at radius 3 is 2.50 bits per heavy atom. The molecule has 0 N–H and O–H groups in total. The van der Waals surface area contributed by atoms with Crippen molar-refractivity contribution in [3.8, 4) is 0 Å². The third-order valence-corrected chi connectivity index (χ3v) is 3.16. The van der Waals surface area contributed by atoms with E-state index in [4.69, 9.17) is 4.74 Å². The van der Waals surface area contributed by atoms with Crippen LogP contribution in [0.2, 0.25) is 0 Å². The van der Waals surface area contributed by atoms with Crippen molar-refractivity contribution in [2.45, 2.75) is 32.2 Å². The van der Waals surface area contributed by atoms with Gasteiger partial charge in [-0.25, -0.2) is 0 Å². The Bertz CT molecular complexity index is 140. The fourth-order valence-electron chi connectivity index (χ4n) is 2.35. The van der Waals surface area contributed by atoms with Gasteiger partial charge in [-0.1, -0.05) is 6.92 Å². The first-order valence-electron chi connectivity index (χ1n) is 5.18. The highest BCUT2D eigenvalue weighted by molar-refractivity contribution is 4.80. The van der Waals surface area contributed by atoms with Gasteiger partial charge in [0.05, 0.1) is 0 Å². The van der Waals surface area contributed by atoms with E-state index < -0.39 is 0 Å². The number of hydrogen-bond acceptors (Lipinski definition) is 2. The third kappa shape index (κ3) is 1.80. The Balaban J connectivity index is 1.83. The molecule has 0 bridgehead atoms. The normalized spacial score (nSPS) is 34.2.